The van der Waals surface area contributed by atoms with E-state index >= 15 is 0 Å². The van der Waals surface area contributed by atoms with Crippen molar-refractivity contribution in [1.82, 2.24) is 4.98 Å². The third-order valence-electron chi connectivity index (χ3n) is 2.62. The van der Waals surface area contributed by atoms with Gasteiger partial charge < -0.3 is 14.5 Å². The Bertz CT molecular complexity index is 724. The van der Waals surface area contributed by atoms with Crippen molar-refractivity contribution in [1.29, 1.82) is 0 Å². The van der Waals surface area contributed by atoms with Gasteiger partial charge >= 0.3 is 5.63 Å². The average Bonchev–Trinajstić information content (AvgIpc) is 2.74. The van der Waals surface area contributed by atoms with E-state index < -0.39 is 0 Å². The van der Waals surface area contributed by atoms with E-state index in [2.05, 4.69) is 4.98 Å². The Labute approximate surface area is 90.1 Å². The summed E-state index contributed by atoms with van der Waals surface area (Å²) in [5, 5.41) is 10.4. The van der Waals surface area contributed by atoms with Crippen LogP contribution in [0.4, 0.5) is 0 Å². The van der Waals surface area contributed by atoms with E-state index in [1.54, 1.807) is 12.1 Å². The fraction of sp³-hybridized carbons (Fsp3) is 0.0833. The number of hydrogen-bond acceptors (Lipinski definition) is 3. The van der Waals surface area contributed by atoms with Crippen LogP contribution in [0.15, 0.2) is 39.5 Å². The molecule has 0 atom stereocenters. The molecule has 0 aliphatic rings. The minimum absolute atomic E-state index is 0.123. The van der Waals surface area contributed by atoms with E-state index in [9.17, 15) is 4.79 Å². The summed E-state index contributed by atoms with van der Waals surface area (Å²) in [5.74, 6) is 0. The Morgan fingerprint density at radius 2 is 2.06 bits per heavy atom. The first-order valence-electron chi connectivity index (χ1n) is 4.94. The van der Waals surface area contributed by atoms with Gasteiger partial charge in [0.2, 0.25) is 0 Å². The van der Waals surface area contributed by atoms with E-state index in [0.717, 1.165) is 10.9 Å². The van der Waals surface area contributed by atoms with Crippen LogP contribution in [0.1, 0.15) is 5.69 Å². The summed E-state index contributed by atoms with van der Waals surface area (Å²) in [4.78, 5) is 14.7. The molecule has 0 aliphatic heterocycles. The summed E-state index contributed by atoms with van der Waals surface area (Å²) in [7, 11) is 0. The third-order valence-corrected chi connectivity index (χ3v) is 2.62. The number of aromatic nitrogens is 1. The van der Waals surface area contributed by atoms with Crippen molar-refractivity contribution in [3.8, 4) is 0 Å². The minimum Gasteiger partial charge on any atom is -0.422 e. The third kappa shape index (κ3) is 1.17. The molecule has 0 saturated heterocycles. The molecular formula is C12H9NO3. The van der Waals surface area contributed by atoms with E-state index in [1.807, 2.05) is 18.2 Å². The van der Waals surface area contributed by atoms with Crippen molar-refractivity contribution in [3.05, 3.63) is 46.4 Å². The molecule has 4 nitrogen and oxygen atoms in total. The summed E-state index contributed by atoms with van der Waals surface area (Å²) < 4.78 is 5.18. The van der Waals surface area contributed by atoms with Gasteiger partial charge in [0.05, 0.1) is 17.5 Å². The maximum Gasteiger partial charge on any atom is 0.345 e. The number of aliphatic hydroxyl groups excluding tert-OH is 1. The molecule has 0 saturated carbocycles. The number of benzene rings is 1. The monoisotopic (exact) mass is 215 g/mol. The number of aromatic amines is 1. The van der Waals surface area contributed by atoms with Crippen LogP contribution < -0.4 is 5.63 Å². The largest absolute Gasteiger partial charge is 0.422 e. The molecule has 0 fully saturated rings. The van der Waals surface area contributed by atoms with Gasteiger partial charge in [-0.05, 0) is 18.2 Å². The van der Waals surface area contributed by atoms with Crippen LogP contribution in [-0.4, -0.2) is 10.1 Å². The Balaban J connectivity index is 2.57. The Hall–Kier alpha value is -2.07. The molecule has 0 radical (unpaired) electrons. The predicted octanol–water partition coefficient (Wildman–Crippen LogP) is 1.77. The molecule has 3 rings (SSSR count). The lowest BCUT2D eigenvalue weighted by atomic mass is 10.2. The van der Waals surface area contributed by atoms with Crippen molar-refractivity contribution in [3.63, 3.8) is 0 Å². The second-order valence-electron chi connectivity index (χ2n) is 3.63. The second-order valence-corrected chi connectivity index (χ2v) is 3.63. The quantitative estimate of drug-likeness (QED) is 0.608. The maximum atomic E-state index is 11.7. The lowest BCUT2D eigenvalue weighted by molar-refractivity contribution is 0.278. The molecule has 2 N–H and O–H groups in total. The summed E-state index contributed by atoms with van der Waals surface area (Å²) >= 11 is 0. The van der Waals surface area contributed by atoms with Gasteiger partial charge in [-0.25, -0.2) is 4.79 Å². The molecule has 1 aromatic carbocycles. The molecular weight excluding hydrogens is 206 g/mol. The van der Waals surface area contributed by atoms with Crippen LogP contribution in [0.3, 0.4) is 0 Å². The van der Waals surface area contributed by atoms with Crippen molar-refractivity contribution >= 4 is 21.9 Å². The number of rotatable bonds is 1. The molecule has 0 unspecified atom stereocenters. The molecule has 0 amide bonds. The van der Waals surface area contributed by atoms with Gasteiger partial charge in [-0.2, -0.15) is 0 Å². The molecule has 2 aromatic heterocycles. The molecule has 0 aliphatic carbocycles. The van der Waals surface area contributed by atoms with Gasteiger partial charge in [0.1, 0.15) is 5.58 Å². The smallest absolute Gasteiger partial charge is 0.345 e. The van der Waals surface area contributed by atoms with Crippen molar-refractivity contribution in [2.45, 2.75) is 6.61 Å². The fourth-order valence-electron chi connectivity index (χ4n) is 1.89. The number of para-hydroxylation sites is 1. The standard InChI is InChI=1S/C12H9NO3/c14-6-7-5-9-11(13-7)8-3-1-2-4-10(8)16-12(9)15/h1-5,13-14H,6H2. The fourth-order valence-corrected chi connectivity index (χ4v) is 1.89. The summed E-state index contributed by atoms with van der Waals surface area (Å²) in [6.07, 6.45) is 0. The zero-order valence-electron chi connectivity index (χ0n) is 8.36. The van der Waals surface area contributed by atoms with Crippen molar-refractivity contribution in [2.24, 2.45) is 0 Å². The number of fused-ring (bicyclic) bond motifs is 3. The highest BCUT2D eigenvalue weighted by Crippen LogP contribution is 2.22. The van der Waals surface area contributed by atoms with E-state index in [-0.39, 0.29) is 12.2 Å². The van der Waals surface area contributed by atoms with Crippen LogP contribution in [0.2, 0.25) is 0 Å². The summed E-state index contributed by atoms with van der Waals surface area (Å²) in [6.45, 7) is -0.123. The first kappa shape index (κ1) is 9.18. The van der Waals surface area contributed by atoms with E-state index in [4.69, 9.17) is 9.52 Å². The van der Waals surface area contributed by atoms with Gasteiger partial charge in [0.25, 0.3) is 0 Å². The maximum absolute atomic E-state index is 11.7. The van der Waals surface area contributed by atoms with Gasteiger partial charge in [-0.1, -0.05) is 12.1 Å². The predicted molar refractivity (Wildman–Crippen MR) is 60.3 cm³/mol. The van der Waals surface area contributed by atoms with Crippen LogP contribution in [0.5, 0.6) is 0 Å². The summed E-state index contributed by atoms with van der Waals surface area (Å²) in [5.41, 5.74) is 1.49. The van der Waals surface area contributed by atoms with Crippen LogP contribution >= 0.6 is 0 Å². The van der Waals surface area contributed by atoms with Gasteiger partial charge in [-0.15, -0.1) is 0 Å². The molecule has 0 bridgehead atoms. The second kappa shape index (κ2) is 3.21. The molecule has 0 spiro atoms. The Morgan fingerprint density at radius 1 is 1.25 bits per heavy atom. The Kier molecular flexibility index (Phi) is 1.84. The first-order valence-corrected chi connectivity index (χ1v) is 4.94. The zero-order chi connectivity index (χ0) is 11.1. The number of H-pyrrole nitrogens is 1. The van der Waals surface area contributed by atoms with Crippen LogP contribution in [-0.2, 0) is 6.61 Å². The highest BCUT2D eigenvalue weighted by molar-refractivity contribution is 6.02. The van der Waals surface area contributed by atoms with Crippen LogP contribution in [0.25, 0.3) is 21.9 Å². The van der Waals surface area contributed by atoms with E-state index in [1.165, 1.54) is 0 Å². The van der Waals surface area contributed by atoms with Crippen molar-refractivity contribution < 1.29 is 9.52 Å². The lowest BCUT2D eigenvalue weighted by Crippen LogP contribution is -1.97. The molecule has 80 valence electrons. The van der Waals surface area contributed by atoms with Crippen molar-refractivity contribution in [2.75, 3.05) is 0 Å². The summed E-state index contributed by atoms with van der Waals surface area (Å²) in [6, 6.07) is 8.93. The minimum atomic E-state index is -0.385. The van der Waals surface area contributed by atoms with Crippen LogP contribution in [0, 0.1) is 0 Å². The first-order chi connectivity index (χ1) is 7.79. The molecule has 2 heterocycles. The zero-order valence-corrected chi connectivity index (χ0v) is 8.36. The lowest BCUT2D eigenvalue weighted by Gasteiger charge is -1.96. The molecule has 16 heavy (non-hydrogen) atoms. The number of aliphatic hydroxyl groups is 1. The van der Waals surface area contributed by atoms with Gasteiger partial charge in [-0.3, -0.25) is 0 Å². The van der Waals surface area contributed by atoms with Gasteiger partial charge in [0, 0.05) is 11.1 Å². The Morgan fingerprint density at radius 3 is 2.88 bits per heavy atom. The normalized spacial score (nSPS) is 11.3. The van der Waals surface area contributed by atoms with E-state index in [0.29, 0.717) is 16.7 Å². The molecule has 3 aromatic rings. The van der Waals surface area contributed by atoms with Gasteiger partial charge in [0.15, 0.2) is 0 Å². The number of nitrogens with one attached hydrogen (secondary N) is 1. The SMILES string of the molecule is O=c1oc2ccccc2c2[nH]c(CO)cc12. The topological polar surface area (TPSA) is 66.2 Å². The number of hydrogen-bond donors (Lipinski definition) is 2. The highest BCUT2D eigenvalue weighted by Gasteiger charge is 2.09. The molecule has 4 heteroatoms. The highest BCUT2D eigenvalue weighted by atomic mass is 16.4. The average molecular weight is 215 g/mol.